The highest BCUT2D eigenvalue weighted by Crippen LogP contribution is 2.30. The lowest BCUT2D eigenvalue weighted by atomic mass is 9.99. The number of amides is 2. The maximum atomic E-state index is 12.6. The minimum Gasteiger partial charge on any atom is -0.350 e. The van der Waals surface area contributed by atoms with E-state index in [0.717, 1.165) is 15.7 Å². The molecule has 0 aliphatic carbocycles. The van der Waals surface area contributed by atoms with Crippen molar-refractivity contribution in [3.8, 4) is 0 Å². The molecular weight excluding hydrogens is 408 g/mol. The Morgan fingerprint density at radius 3 is 2.72 bits per heavy atom. The first kappa shape index (κ1) is 18.4. The average Bonchev–Trinajstić information content (AvgIpc) is 3.02. The fourth-order valence-corrected chi connectivity index (χ4v) is 5.78. The van der Waals surface area contributed by atoms with Crippen molar-refractivity contribution in [3.63, 3.8) is 0 Å². The monoisotopic (exact) mass is 428 g/mol. The molecule has 136 valence electrons. The van der Waals surface area contributed by atoms with E-state index in [9.17, 15) is 18.0 Å². The highest BCUT2D eigenvalue weighted by molar-refractivity contribution is 9.10. The van der Waals surface area contributed by atoms with Gasteiger partial charge in [-0.1, -0.05) is 15.9 Å². The van der Waals surface area contributed by atoms with Crippen LogP contribution in [0.1, 0.15) is 25.3 Å². The van der Waals surface area contributed by atoms with Crippen LogP contribution in [0, 0.1) is 12.8 Å². The Morgan fingerprint density at radius 1 is 1.40 bits per heavy atom. The molecule has 0 saturated carbocycles. The Balaban J connectivity index is 1.70. The number of aryl methyl sites for hydroxylation is 1. The highest BCUT2D eigenvalue weighted by Gasteiger charge is 2.42. The maximum absolute atomic E-state index is 12.6. The van der Waals surface area contributed by atoms with Crippen molar-refractivity contribution in [1.29, 1.82) is 0 Å². The summed E-state index contributed by atoms with van der Waals surface area (Å²) in [5.41, 5.74) is 1.05. The zero-order valence-electron chi connectivity index (χ0n) is 14.2. The molecule has 2 fully saturated rings. The summed E-state index contributed by atoms with van der Waals surface area (Å²) in [7, 11) is -3.09. The molecule has 2 saturated heterocycles. The third-order valence-electron chi connectivity index (χ3n) is 4.88. The molecule has 2 heterocycles. The van der Waals surface area contributed by atoms with E-state index in [0.29, 0.717) is 13.0 Å². The number of nitrogens with one attached hydrogen (secondary N) is 1. The molecule has 2 atom stereocenters. The van der Waals surface area contributed by atoms with Crippen LogP contribution in [0.2, 0.25) is 0 Å². The third kappa shape index (κ3) is 3.89. The summed E-state index contributed by atoms with van der Waals surface area (Å²) in [5.74, 6) is -0.744. The van der Waals surface area contributed by atoms with Crippen LogP contribution in [0.3, 0.4) is 0 Å². The van der Waals surface area contributed by atoms with Crippen LogP contribution in [0.5, 0.6) is 0 Å². The van der Waals surface area contributed by atoms with E-state index in [1.165, 1.54) is 0 Å². The number of hydrogen-bond acceptors (Lipinski definition) is 4. The number of rotatable bonds is 3. The van der Waals surface area contributed by atoms with Gasteiger partial charge in [-0.3, -0.25) is 9.59 Å². The molecule has 2 aliphatic rings. The zero-order valence-corrected chi connectivity index (χ0v) is 16.6. The predicted molar refractivity (Wildman–Crippen MR) is 99.2 cm³/mol. The van der Waals surface area contributed by atoms with E-state index in [1.54, 1.807) is 11.8 Å². The summed E-state index contributed by atoms with van der Waals surface area (Å²) >= 11 is 3.44. The molecule has 0 radical (unpaired) electrons. The smallest absolute Gasteiger partial charge is 0.227 e. The first-order chi connectivity index (χ1) is 11.6. The molecule has 0 spiro atoms. The summed E-state index contributed by atoms with van der Waals surface area (Å²) in [6.45, 7) is 4.01. The van der Waals surface area contributed by atoms with E-state index >= 15 is 0 Å². The molecule has 25 heavy (non-hydrogen) atoms. The quantitative estimate of drug-likeness (QED) is 0.795. The second-order valence-electron chi connectivity index (χ2n) is 7.23. The number of anilines is 1. The van der Waals surface area contributed by atoms with E-state index in [1.807, 2.05) is 25.1 Å². The van der Waals surface area contributed by atoms with Crippen molar-refractivity contribution in [1.82, 2.24) is 5.32 Å². The van der Waals surface area contributed by atoms with E-state index in [-0.39, 0.29) is 29.7 Å². The number of hydrogen-bond donors (Lipinski definition) is 1. The van der Waals surface area contributed by atoms with Crippen molar-refractivity contribution < 1.29 is 18.0 Å². The Hall–Kier alpha value is -1.41. The second kappa shape index (κ2) is 6.39. The summed E-state index contributed by atoms with van der Waals surface area (Å²) in [5, 5.41) is 2.86. The van der Waals surface area contributed by atoms with Gasteiger partial charge in [-0.25, -0.2) is 8.42 Å². The first-order valence-electron chi connectivity index (χ1n) is 8.18. The van der Waals surface area contributed by atoms with Crippen LogP contribution in [0.15, 0.2) is 22.7 Å². The summed E-state index contributed by atoms with van der Waals surface area (Å²) in [6, 6.07) is 5.64. The van der Waals surface area contributed by atoms with Crippen LogP contribution in [-0.4, -0.2) is 43.8 Å². The van der Waals surface area contributed by atoms with Crippen LogP contribution in [0.25, 0.3) is 0 Å². The molecule has 6 nitrogen and oxygen atoms in total. The van der Waals surface area contributed by atoms with Crippen LogP contribution >= 0.6 is 15.9 Å². The molecule has 0 bridgehead atoms. The second-order valence-corrected chi connectivity index (χ2v) is 10.3. The molecule has 2 amide bonds. The Kier molecular flexibility index (Phi) is 4.70. The maximum Gasteiger partial charge on any atom is 0.227 e. The van der Waals surface area contributed by atoms with Gasteiger partial charge in [0.25, 0.3) is 0 Å². The zero-order chi connectivity index (χ0) is 18.4. The number of sulfone groups is 1. The summed E-state index contributed by atoms with van der Waals surface area (Å²) < 4.78 is 24.3. The molecular formula is C17H21BrN2O4S. The van der Waals surface area contributed by atoms with Crippen LogP contribution < -0.4 is 10.2 Å². The molecule has 2 aliphatic heterocycles. The van der Waals surface area contributed by atoms with E-state index in [4.69, 9.17) is 0 Å². The van der Waals surface area contributed by atoms with Crippen molar-refractivity contribution in [2.45, 2.75) is 32.2 Å². The number of nitrogens with zero attached hydrogens (tertiary/aromatic N) is 1. The molecule has 1 aromatic carbocycles. The fraction of sp³-hybridized carbons (Fsp3) is 0.529. The minimum absolute atomic E-state index is 0.0397. The van der Waals surface area contributed by atoms with Gasteiger partial charge in [-0.05, 0) is 44.0 Å². The Bertz CT molecular complexity index is 839. The summed E-state index contributed by atoms with van der Waals surface area (Å²) in [4.78, 5) is 26.5. The highest BCUT2D eigenvalue weighted by atomic mass is 79.9. The number of halogens is 1. The fourth-order valence-electron chi connectivity index (χ4n) is 3.44. The normalized spacial score (nSPS) is 28.4. The van der Waals surface area contributed by atoms with E-state index in [2.05, 4.69) is 21.2 Å². The van der Waals surface area contributed by atoms with Gasteiger partial charge in [0, 0.05) is 23.1 Å². The lowest BCUT2D eigenvalue weighted by molar-refractivity contribution is -0.127. The third-order valence-corrected chi connectivity index (χ3v) is 7.67. The van der Waals surface area contributed by atoms with Gasteiger partial charge in [0.1, 0.15) is 0 Å². The molecule has 1 aromatic rings. The van der Waals surface area contributed by atoms with Crippen molar-refractivity contribution >= 4 is 43.3 Å². The first-order valence-corrected chi connectivity index (χ1v) is 10.8. The van der Waals surface area contributed by atoms with Gasteiger partial charge in [0.05, 0.1) is 23.0 Å². The largest absolute Gasteiger partial charge is 0.350 e. The van der Waals surface area contributed by atoms with Crippen molar-refractivity contribution in [3.05, 3.63) is 28.2 Å². The standard InChI is InChI=1S/C17H21BrN2O4S/c1-11-7-13(3-4-14(11)18)20-9-12(8-15(20)21)16(22)19-17(2)5-6-25(23,24)10-17/h3-4,7,12H,5-6,8-10H2,1-2H3,(H,19,22)/t12-,17+/m0/s1. The molecule has 3 rings (SSSR count). The van der Waals surface area contributed by atoms with Gasteiger partial charge in [-0.2, -0.15) is 0 Å². The lowest BCUT2D eigenvalue weighted by Gasteiger charge is -2.25. The molecule has 8 heteroatoms. The van der Waals surface area contributed by atoms with Crippen molar-refractivity contribution in [2.24, 2.45) is 5.92 Å². The minimum atomic E-state index is -3.09. The average molecular weight is 429 g/mol. The van der Waals surface area contributed by atoms with Gasteiger partial charge >= 0.3 is 0 Å². The van der Waals surface area contributed by atoms with Gasteiger partial charge in [-0.15, -0.1) is 0 Å². The summed E-state index contributed by atoms with van der Waals surface area (Å²) in [6.07, 6.45) is 0.557. The van der Waals surface area contributed by atoms with Crippen molar-refractivity contribution in [2.75, 3.05) is 23.0 Å². The molecule has 1 N–H and O–H groups in total. The van der Waals surface area contributed by atoms with Crippen LogP contribution in [-0.2, 0) is 19.4 Å². The molecule has 0 aromatic heterocycles. The Morgan fingerprint density at radius 2 is 2.12 bits per heavy atom. The lowest BCUT2D eigenvalue weighted by Crippen LogP contribution is -2.49. The molecule has 0 unspecified atom stereocenters. The van der Waals surface area contributed by atoms with Gasteiger partial charge in [0.2, 0.25) is 11.8 Å². The van der Waals surface area contributed by atoms with Gasteiger partial charge in [0.15, 0.2) is 9.84 Å². The number of carbonyl (C=O) groups is 2. The SMILES string of the molecule is Cc1cc(N2C[C@@H](C(=O)N[C@]3(C)CCS(=O)(=O)C3)CC2=O)ccc1Br. The van der Waals surface area contributed by atoms with E-state index < -0.39 is 21.3 Å². The number of benzene rings is 1. The number of carbonyl (C=O) groups excluding carboxylic acids is 2. The van der Waals surface area contributed by atoms with Gasteiger partial charge < -0.3 is 10.2 Å². The predicted octanol–water partition coefficient (Wildman–Crippen LogP) is 1.80. The Labute approximate surface area is 156 Å². The topological polar surface area (TPSA) is 83.6 Å². The van der Waals surface area contributed by atoms with Crippen LogP contribution in [0.4, 0.5) is 5.69 Å².